The molecule has 4 heteroatoms. The van der Waals surface area contributed by atoms with E-state index in [1.54, 1.807) is 17.4 Å². The molecule has 3 aromatic rings. The van der Waals surface area contributed by atoms with Crippen LogP contribution in [0.2, 0.25) is 0 Å². The molecule has 1 atom stereocenters. The molecular formula is C20H21N3O. The summed E-state index contributed by atoms with van der Waals surface area (Å²) in [6, 6.07) is 18.2. The Bertz CT molecular complexity index is 797. The molecule has 0 N–H and O–H groups in total. The van der Waals surface area contributed by atoms with Crippen molar-refractivity contribution in [3.8, 4) is 11.1 Å². The minimum absolute atomic E-state index is 0.0656. The lowest BCUT2D eigenvalue weighted by Crippen LogP contribution is -2.32. The van der Waals surface area contributed by atoms with Gasteiger partial charge < -0.3 is 9.47 Å². The average molecular weight is 319 g/mol. The molecule has 24 heavy (non-hydrogen) atoms. The van der Waals surface area contributed by atoms with Gasteiger partial charge in [-0.2, -0.15) is 0 Å². The molecule has 0 saturated carbocycles. The summed E-state index contributed by atoms with van der Waals surface area (Å²) >= 11 is 0. The van der Waals surface area contributed by atoms with E-state index in [9.17, 15) is 4.79 Å². The zero-order chi connectivity index (χ0) is 16.9. The van der Waals surface area contributed by atoms with E-state index in [0.717, 1.165) is 16.7 Å². The van der Waals surface area contributed by atoms with Crippen molar-refractivity contribution in [3.05, 3.63) is 78.9 Å². The molecule has 0 aliphatic heterocycles. The van der Waals surface area contributed by atoms with E-state index in [0.29, 0.717) is 6.54 Å². The SMILES string of the molecule is CC(C(=O)N(C)Cc1ccccc1-c1ccccc1)n1ccnc1. The Morgan fingerprint density at radius 1 is 1.12 bits per heavy atom. The van der Waals surface area contributed by atoms with Crippen molar-refractivity contribution in [1.29, 1.82) is 0 Å². The van der Waals surface area contributed by atoms with Gasteiger partial charge in [0.15, 0.2) is 0 Å². The molecule has 1 aromatic heterocycles. The van der Waals surface area contributed by atoms with E-state index < -0.39 is 0 Å². The molecule has 122 valence electrons. The smallest absolute Gasteiger partial charge is 0.245 e. The molecule has 0 radical (unpaired) electrons. The number of imidazole rings is 1. The number of hydrogen-bond donors (Lipinski definition) is 0. The quantitative estimate of drug-likeness (QED) is 0.718. The Hall–Kier alpha value is -2.88. The van der Waals surface area contributed by atoms with Gasteiger partial charge in [0, 0.05) is 26.0 Å². The van der Waals surface area contributed by atoms with Crippen molar-refractivity contribution in [2.75, 3.05) is 7.05 Å². The fraction of sp³-hybridized carbons (Fsp3) is 0.200. The lowest BCUT2D eigenvalue weighted by atomic mass is 9.99. The summed E-state index contributed by atoms with van der Waals surface area (Å²) in [5, 5.41) is 0. The third kappa shape index (κ3) is 3.38. The minimum atomic E-state index is -0.263. The number of rotatable bonds is 5. The van der Waals surface area contributed by atoms with Gasteiger partial charge >= 0.3 is 0 Å². The van der Waals surface area contributed by atoms with E-state index in [2.05, 4.69) is 29.2 Å². The van der Waals surface area contributed by atoms with E-state index in [-0.39, 0.29) is 11.9 Å². The van der Waals surface area contributed by atoms with E-state index in [1.165, 1.54) is 0 Å². The standard InChI is InChI=1S/C20H21N3O/c1-16(23-13-12-21-15-23)20(24)22(2)14-18-10-6-7-11-19(18)17-8-4-3-5-9-17/h3-13,15-16H,14H2,1-2H3. The van der Waals surface area contributed by atoms with Crippen LogP contribution in [0.4, 0.5) is 0 Å². The molecular weight excluding hydrogens is 298 g/mol. The minimum Gasteiger partial charge on any atom is -0.340 e. The summed E-state index contributed by atoms with van der Waals surface area (Å²) in [4.78, 5) is 18.5. The predicted octanol–water partition coefficient (Wildman–Crippen LogP) is 3.77. The van der Waals surface area contributed by atoms with Crippen LogP contribution in [0.5, 0.6) is 0 Å². The lowest BCUT2D eigenvalue weighted by molar-refractivity contribution is -0.133. The number of benzene rings is 2. The first-order valence-corrected chi connectivity index (χ1v) is 8.02. The summed E-state index contributed by atoms with van der Waals surface area (Å²) in [5.41, 5.74) is 3.46. The molecule has 0 spiro atoms. The van der Waals surface area contributed by atoms with Crippen molar-refractivity contribution in [2.24, 2.45) is 0 Å². The highest BCUT2D eigenvalue weighted by molar-refractivity contribution is 5.80. The van der Waals surface area contributed by atoms with Gasteiger partial charge in [-0.25, -0.2) is 4.98 Å². The Morgan fingerprint density at radius 2 is 1.83 bits per heavy atom. The summed E-state index contributed by atoms with van der Waals surface area (Å²) in [7, 11) is 1.84. The van der Waals surface area contributed by atoms with Crippen LogP contribution in [0.1, 0.15) is 18.5 Å². The van der Waals surface area contributed by atoms with Gasteiger partial charge in [0.2, 0.25) is 5.91 Å². The van der Waals surface area contributed by atoms with Crippen LogP contribution in [0.3, 0.4) is 0 Å². The van der Waals surface area contributed by atoms with Crippen LogP contribution in [0, 0.1) is 0 Å². The zero-order valence-corrected chi connectivity index (χ0v) is 14.0. The largest absolute Gasteiger partial charge is 0.340 e. The number of likely N-dealkylation sites (N-methyl/N-ethyl adjacent to an activating group) is 1. The molecule has 0 aliphatic carbocycles. The van der Waals surface area contributed by atoms with E-state index >= 15 is 0 Å². The maximum atomic E-state index is 12.7. The Kier molecular flexibility index (Phi) is 4.75. The molecule has 0 bridgehead atoms. The van der Waals surface area contributed by atoms with Crippen molar-refractivity contribution in [1.82, 2.24) is 14.5 Å². The van der Waals surface area contributed by atoms with Crippen LogP contribution in [-0.4, -0.2) is 27.4 Å². The van der Waals surface area contributed by atoms with Gasteiger partial charge in [-0.05, 0) is 23.6 Å². The molecule has 1 amide bonds. The lowest BCUT2D eigenvalue weighted by Gasteiger charge is -2.23. The van der Waals surface area contributed by atoms with E-state index in [4.69, 9.17) is 0 Å². The number of carbonyl (C=O) groups is 1. The first-order valence-electron chi connectivity index (χ1n) is 8.02. The van der Waals surface area contributed by atoms with Gasteiger partial charge in [0.25, 0.3) is 0 Å². The van der Waals surface area contributed by atoms with Crippen LogP contribution < -0.4 is 0 Å². The maximum absolute atomic E-state index is 12.7. The van der Waals surface area contributed by atoms with Gasteiger partial charge in [-0.3, -0.25) is 4.79 Å². The second-order valence-electron chi connectivity index (χ2n) is 5.90. The molecule has 0 aliphatic rings. The average Bonchev–Trinajstić information content (AvgIpc) is 3.16. The van der Waals surface area contributed by atoms with Crippen molar-refractivity contribution in [3.63, 3.8) is 0 Å². The highest BCUT2D eigenvalue weighted by Crippen LogP contribution is 2.24. The van der Waals surface area contributed by atoms with Crippen molar-refractivity contribution < 1.29 is 4.79 Å². The topological polar surface area (TPSA) is 38.1 Å². The second-order valence-corrected chi connectivity index (χ2v) is 5.90. The first kappa shape index (κ1) is 16.0. The molecule has 1 heterocycles. The van der Waals surface area contributed by atoms with E-state index in [1.807, 2.05) is 55.1 Å². The molecule has 4 nitrogen and oxygen atoms in total. The van der Waals surface area contributed by atoms with Crippen molar-refractivity contribution in [2.45, 2.75) is 19.5 Å². The summed E-state index contributed by atoms with van der Waals surface area (Å²) < 4.78 is 1.82. The normalized spacial score (nSPS) is 11.9. The number of amides is 1. The van der Waals surface area contributed by atoms with Crippen LogP contribution >= 0.6 is 0 Å². The number of aromatic nitrogens is 2. The van der Waals surface area contributed by atoms with Gasteiger partial charge in [-0.15, -0.1) is 0 Å². The number of nitrogens with zero attached hydrogens (tertiary/aromatic N) is 3. The Balaban J connectivity index is 1.80. The molecule has 2 aromatic carbocycles. The van der Waals surface area contributed by atoms with Crippen LogP contribution in [0.15, 0.2) is 73.3 Å². The first-order chi connectivity index (χ1) is 11.7. The number of hydrogen-bond acceptors (Lipinski definition) is 2. The highest BCUT2D eigenvalue weighted by atomic mass is 16.2. The second kappa shape index (κ2) is 7.13. The molecule has 0 saturated heterocycles. The van der Waals surface area contributed by atoms with Crippen LogP contribution in [0.25, 0.3) is 11.1 Å². The molecule has 0 fully saturated rings. The molecule has 3 rings (SSSR count). The Morgan fingerprint density at radius 3 is 2.54 bits per heavy atom. The number of carbonyl (C=O) groups excluding carboxylic acids is 1. The van der Waals surface area contributed by atoms with Gasteiger partial charge in [-0.1, -0.05) is 54.6 Å². The van der Waals surface area contributed by atoms with Crippen molar-refractivity contribution >= 4 is 5.91 Å². The predicted molar refractivity (Wildman–Crippen MR) is 95.3 cm³/mol. The summed E-state index contributed by atoms with van der Waals surface area (Å²) in [6.07, 6.45) is 5.18. The zero-order valence-electron chi connectivity index (χ0n) is 14.0. The third-order valence-corrected chi connectivity index (χ3v) is 4.22. The van der Waals surface area contributed by atoms with Gasteiger partial charge in [0.1, 0.15) is 6.04 Å². The maximum Gasteiger partial charge on any atom is 0.245 e. The van der Waals surface area contributed by atoms with Crippen LogP contribution in [-0.2, 0) is 11.3 Å². The summed E-state index contributed by atoms with van der Waals surface area (Å²) in [5.74, 6) is 0.0656. The monoisotopic (exact) mass is 319 g/mol. The fourth-order valence-corrected chi connectivity index (χ4v) is 2.84. The Labute approximate surface area is 142 Å². The highest BCUT2D eigenvalue weighted by Gasteiger charge is 2.19. The summed E-state index contributed by atoms with van der Waals surface area (Å²) in [6.45, 7) is 2.46. The molecule has 1 unspecified atom stereocenters. The third-order valence-electron chi connectivity index (χ3n) is 4.22. The van der Waals surface area contributed by atoms with Gasteiger partial charge in [0.05, 0.1) is 6.33 Å². The fourth-order valence-electron chi connectivity index (χ4n) is 2.84.